The molecule has 16 heavy (non-hydrogen) atoms. The van der Waals surface area contributed by atoms with Crippen LogP contribution in [0, 0.1) is 0 Å². The van der Waals surface area contributed by atoms with Gasteiger partial charge in [0.25, 0.3) is 0 Å². The number of fused-ring (bicyclic) bond motifs is 1. The molecule has 1 heterocycles. The lowest BCUT2D eigenvalue weighted by Crippen LogP contribution is -2.26. The van der Waals surface area contributed by atoms with Crippen molar-refractivity contribution in [2.24, 2.45) is 11.4 Å². The first-order chi connectivity index (χ1) is 7.39. The highest BCUT2D eigenvalue weighted by molar-refractivity contribution is 7.91. The van der Waals surface area contributed by atoms with Crippen LogP contribution in [0.2, 0.25) is 0 Å². The summed E-state index contributed by atoms with van der Waals surface area (Å²) in [6.45, 7) is 5.80. The van der Waals surface area contributed by atoms with E-state index in [0.717, 1.165) is 24.2 Å². The van der Waals surface area contributed by atoms with Gasteiger partial charge in [0.15, 0.2) is 0 Å². The average Bonchev–Trinajstić information content (AvgIpc) is 2.70. The van der Waals surface area contributed by atoms with E-state index in [4.69, 9.17) is 0 Å². The van der Waals surface area contributed by atoms with Gasteiger partial charge in [0.1, 0.15) is 27.5 Å². The lowest BCUT2D eigenvalue weighted by Gasteiger charge is -2.18. The van der Waals surface area contributed by atoms with Gasteiger partial charge in [-0.15, -0.1) is 0 Å². The molecule has 0 fully saturated rings. The third-order valence-electron chi connectivity index (χ3n) is 2.65. The van der Waals surface area contributed by atoms with Gasteiger partial charge in [0.2, 0.25) is 0 Å². The Kier molecular flexibility index (Phi) is 2.84. The molecule has 0 spiro atoms. The predicted molar refractivity (Wildman–Crippen MR) is 66.0 cm³/mol. The molecule has 0 N–H and O–H groups in total. The second-order valence-corrected chi connectivity index (χ2v) is 6.96. The Morgan fingerprint density at radius 1 is 1.44 bits per heavy atom. The molecule has 2 rings (SSSR count). The third-order valence-corrected chi connectivity index (χ3v) is 4.08. The summed E-state index contributed by atoms with van der Waals surface area (Å²) in [6.07, 6.45) is 3.60. The number of hydrogen-bond acceptors (Lipinski definition) is 3. The second kappa shape index (κ2) is 3.89. The minimum atomic E-state index is -1.19. The third kappa shape index (κ3) is 2.01. The van der Waals surface area contributed by atoms with Gasteiger partial charge < -0.3 is 9.12 Å². The van der Waals surface area contributed by atoms with Crippen molar-refractivity contribution >= 4 is 17.1 Å². The molecule has 1 aliphatic rings. The van der Waals surface area contributed by atoms with Crippen molar-refractivity contribution in [3.8, 4) is 0 Å². The van der Waals surface area contributed by atoms with E-state index >= 15 is 0 Å². The van der Waals surface area contributed by atoms with Crippen molar-refractivity contribution in [2.75, 3.05) is 0 Å². The van der Waals surface area contributed by atoms with Crippen LogP contribution in [-0.4, -0.2) is 24.6 Å². The van der Waals surface area contributed by atoms with Gasteiger partial charge in [-0.2, -0.15) is 0 Å². The van der Waals surface area contributed by atoms with E-state index in [1.807, 2.05) is 32.4 Å². The molecule has 1 unspecified atom stereocenters. The quantitative estimate of drug-likeness (QED) is 0.699. The van der Waals surface area contributed by atoms with Crippen LogP contribution >= 0.6 is 0 Å². The molecule has 0 saturated heterocycles. The lowest BCUT2D eigenvalue weighted by molar-refractivity contribution is 0.561. The van der Waals surface area contributed by atoms with Crippen LogP contribution in [0.4, 0.5) is 0 Å². The second-order valence-electron chi connectivity index (χ2n) is 5.05. The highest BCUT2D eigenvalue weighted by Gasteiger charge is 2.30. The van der Waals surface area contributed by atoms with Gasteiger partial charge in [0, 0.05) is 19.2 Å². The molecule has 1 aliphatic carbocycles. The largest absolute Gasteiger partial charge is 0.591 e. The number of imidazole rings is 1. The Labute approximate surface area is 99.1 Å². The smallest absolute Gasteiger partial charge is 0.144 e. The Morgan fingerprint density at radius 2 is 2.12 bits per heavy atom. The van der Waals surface area contributed by atoms with Crippen LogP contribution in [0.5, 0.6) is 0 Å². The van der Waals surface area contributed by atoms with E-state index in [1.165, 1.54) is 5.69 Å². The Morgan fingerprint density at radius 3 is 2.75 bits per heavy atom. The van der Waals surface area contributed by atoms with Crippen molar-refractivity contribution in [1.29, 1.82) is 0 Å². The molecule has 0 bridgehead atoms. The highest BCUT2D eigenvalue weighted by atomic mass is 32.2. The zero-order chi connectivity index (χ0) is 11.9. The van der Waals surface area contributed by atoms with E-state index < -0.39 is 11.4 Å². The summed E-state index contributed by atoms with van der Waals surface area (Å²) in [5.74, 6) is 0. The summed E-state index contributed by atoms with van der Waals surface area (Å²) in [5.41, 5.74) is 3.02. The molecule has 1 atom stereocenters. The van der Waals surface area contributed by atoms with E-state index in [1.54, 1.807) is 6.33 Å². The van der Waals surface area contributed by atoms with Gasteiger partial charge in [-0.05, 0) is 27.2 Å². The van der Waals surface area contributed by atoms with E-state index in [0.29, 0.717) is 0 Å². The minimum Gasteiger partial charge on any atom is -0.591 e. The van der Waals surface area contributed by atoms with Crippen molar-refractivity contribution in [2.45, 2.75) is 38.4 Å². The van der Waals surface area contributed by atoms with Crippen molar-refractivity contribution < 1.29 is 4.55 Å². The maximum absolute atomic E-state index is 11.9. The minimum absolute atomic E-state index is 0.301. The molecule has 1 aromatic rings. The Bertz CT molecular complexity index is 431. The van der Waals surface area contributed by atoms with Gasteiger partial charge >= 0.3 is 0 Å². The van der Waals surface area contributed by atoms with Crippen LogP contribution in [0.1, 0.15) is 38.6 Å². The Hall–Kier alpha value is -0.810. The predicted octanol–water partition coefficient (Wildman–Crippen LogP) is 1.62. The standard InChI is InChI=1S/C11H17N3OS/c1-11(2,3)16(15)13-8-5-6-9-10(8)12-7-14(9)4/h7H,5-6H2,1-4H3. The molecule has 5 heteroatoms. The fourth-order valence-corrected chi connectivity index (χ4v) is 2.32. The first-order valence-electron chi connectivity index (χ1n) is 5.39. The molecule has 88 valence electrons. The summed E-state index contributed by atoms with van der Waals surface area (Å²) < 4.78 is 18.0. The fourth-order valence-electron chi connectivity index (χ4n) is 1.67. The maximum Gasteiger partial charge on any atom is 0.144 e. The van der Waals surface area contributed by atoms with E-state index in [9.17, 15) is 4.55 Å². The molecule has 0 amide bonds. The normalized spacial score (nSPS) is 20.2. The van der Waals surface area contributed by atoms with E-state index in [2.05, 4.69) is 9.38 Å². The zero-order valence-corrected chi connectivity index (χ0v) is 11.0. The summed E-state index contributed by atoms with van der Waals surface area (Å²) in [4.78, 5) is 4.31. The van der Waals surface area contributed by atoms with Crippen LogP contribution in [0.15, 0.2) is 10.7 Å². The first kappa shape index (κ1) is 11.7. The summed E-state index contributed by atoms with van der Waals surface area (Å²) in [7, 11) is 1.98. The van der Waals surface area contributed by atoms with Gasteiger partial charge in [-0.3, -0.25) is 0 Å². The van der Waals surface area contributed by atoms with Crippen LogP contribution < -0.4 is 0 Å². The molecule has 0 aromatic carbocycles. The highest BCUT2D eigenvalue weighted by Crippen LogP contribution is 2.24. The average molecular weight is 239 g/mol. The Balaban J connectivity index is 2.28. The number of nitrogens with zero attached hydrogens (tertiary/aromatic N) is 3. The van der Waals surface area contributed by atoms with Crippen molar-refractivity contribution in [3.63, 3.8) is 0 Å². The van der Waals surface area contributed by atoms with Crippen LogP contribution in [0.3, 0.4) is 0 Å². The summed E-state index contributed by atoms with van der Waals surface area (Å²) in [6, 6.07) is 0. The van der Waals surface area contributed by atoms with E-state index in [-0.39, 0.29) is 4.75 Å². The molecular formula is C11H17N3OS. The first-order valence-corrected chi connectivity index (χ1v) is 6.50. The molecule has 0 saturated carbocycles. The molecule has 0 radical (unpaired) electrons. The van der Waals surface area contributed by atoms with Crippen LogP contribution in [-0.2, 0) is 24.8 Å². The molecular weight excluding hydrogens is 222 g/mol. The molecule has 0 aliphatic heterocycles. The van der Waals surface area contributed by atoms with Gasteiger partial charge in [0.05, 0.1) is 6.33 Å². The maximum atomic E-state index is 11.9. The van der Waals surface area contributed by atoms with Crippen molar-refractivity contribution in [3.05, 3.63) is 17.7 Å². The number of rotatable bonds is 1. The topological polar surface area (TPSA) is 53.2 Å². The van der Waals surface area contributed by atoms with Gasteiger partial charge in [-0.1, -0.05) is 4.40 Å². The number of aryl methyl sites for hydroxylation is 1. The lowest BCUT2D eigenvalue weighted by atomic mass is 10.3. The van der Waals surface area contributed by atoms with Gasteiger partial charge in [-0.25, -0.2) is 4.98 Å². The van der Waals surface area contributed by atoms with Crippen molar-refractivity contribution in [1.82, 2.24) is 9.55 Å². The summed E-state index contributed by atoms with van der Waals surface area (Å²) >= 11 is -1.19. The molecule has 1 aromatic heterocycles. The monoisotopic (exact) mass is 239 g/mol. The SMILES string of the molecule is Cn1cnc2c1CCC2=N[S+]([O-])C(C)(C)C. The molecule has 4 nitrogen and oxygen atoms in total. The van der Waals surface area contributed by atoms with Crippen LogP contribution in [0.25, 0.3) is 0 Å². The number of aromatic nitrogens is 2. The summed E-state index contributed by atoms with van der Waals surface area (Å²) in [5, 5.41) is 0. The fraction of sp³-hybridized carbons (Fsp3) is 0.636. The number of hydrogen-bond donors (Lipinski definition) is 0. The zero-order valence-electron chi connectivity index (χ0n) is 10.1.